The molecule has 5 heteroatoms. The van der Waals surface area contributed by atoms with E-state index in [9.17, 15) is 9.18 Å². The van der Waals surface area contributed by atoms with E-state index in [-0.39, 0.29) is 11.4 Å². The largest absolute Gasteiger partial charge is 0.321 e. The van der Waals surface area contributed by atoms with E-state index in [4.69, 9.17) is 0 Å². The molecular formula is C15H10FN3O. The fraction of sp³-hybridized carbons (Fsp3) is 0. The zero-order chi connectivity index (χ0) is 13.9. The molecule has 2 heterocycles. The van der Waals surface area contributed by atoms with Gasteiger partial charge in [0.25, 0.3) is 5.91 Å². The first kappa shape index (κ1) is 12.2. The molecule has 0 spiro atoms. The molecule has 1 aromatic carbocycles. The summed E-state index contributed by atoms with van der Waals surface area (Å²) >= 11 is 0. The smallest absolute Gasteiger partial charge is 0.257 e. The van der Waals surface area contributed by atoms with Gasteiger partial charge in [-0.25, -0.2) is 4.39 Å². The number of para-hydroxylation sites is 1. The number of benzene rings is 1. The minimum absolute atomic E-state index is 0.255. The molecule has 1 N–H and O–H groups in total. The summed E-state index contributed by atoms with van der Waals surface area (Å²) in [6.45, 7) is 0. The van der Waals surface area contributed by atoms with E-state index in [2.05, 4.69) is 15.3 Å². The molecule has 20 heavy (non-hydrogen) atoms. The van der Waals surface area contributed by atoms with Crippen LogP contribution in [0.3, 0.4) is 0 Å². The first-order valence-corrected chi connectivity index (χ1v) is 6.00. The van der Waals surface area contributed by atoms with Crippen molar-refractivity contribution >= 4 is 22.5 Å². The summed E-state index contributed by atoms with van der Waals surface area (Å²) in [5.41, 5.74) is 1.22. The maximum Gasteiger partial charge on any atom is 0.257 e. The molecule has 0 saturated carbocycles. The third-order valence-corrected chi connectivity index (χ3v) is 2.84. The van der Waals surface area contributed by atoms with E-state index >= 15 is 0 Å². The molecule has 0 bridgehead atoms. The molecule has 3 aromatic rings. The third kappa shape index (κ3) is 2.33. The average Bonchev–Trinajstić information content (AvgIpc) is 2.48. The summed E-state index contributed by atoms with van der Waals surface area (Å²) in [5.74, 6) is -0.710. The fourth-order valence-corrected chi connectivity index (χ4v) is 1.89. The molecule has 0 aliphatic rings. The molecule has 0 radical (unpaired) electrons. The van der Waals surface area contributed by atoms with Gasteiger partial charge in [-0.15, -0.1) is 0 Å². The number of halogens is 1. The lowest BCUT2D eigenvalue weighted by Crippen LogP contribution is -2.12. The SMILES string of the molecule is O=C(Nc1cccnc1)c1cnc2c(F)cccc2c1. The lowest BCUT2D eigenvalue weighted by molar-refractivity contribution is 0.102. The number of carbonyl (C=O) groups excluding carboxylic acids is 1. The van der Waals surface area contributed by atoms with E-state index in [0.717, 1.165) is 0 Å². The number of aromatic nitrogens is 2. The van der Waals surface area contributed by atoms with Crippen LogP contribution in [-0.2, 0) is 0 Å². The highest BCUT2D eigenvalue weighted by Crippen LogP contribution is 2.17. The highest BCUT2D eigenvalue weighted by atomic mass is 19.1. The Kier molecular flexibility index (Phi) is 3.09. The second-order valence-electron chi connectivity index (χ2n) is 4.23. The van der Waals surface area contributed by atoms with Gasteiger partial charge < -0.3 is 5.32 Å². The van der Waals surface area contributed by atoms with Crippen LogP contribution < -0.4 is 5.32 Å². The van der Waals surface area contributed by atoms with Gasteiger partial charge in [0.05, 0.1) is 17.4 Å². The van der Waals surface area contributed by atoms with Gasteiger partial charge in [0.2, 0.25) is 0 Å². The molecule has 0 aliphatic carbocycles. The Bertz CT molecular complexity index is 774. The Hall–Kier alpha value is -2.82. The maximum atomic E-state index is 13.5. The number of amides is 1. The van der Waals surface area contributed by atoms with E-state index in [0.29, 0.717) is 16.6 Å². The third-order valence-electron chi connectivity index (χ3n) is 2.84. The van der Waals surface area contributed by atoms with Crippen molar-refractivity contribution in [1.29, 1.82) is 0 Å². The summed E-state index contributed by atoms with van der Waals surface area (Å²) in [5, 5.41) is 3.29. The van der Waals surface area contributed by atoms with Crippen LogP contribution in [0.25, 0.3) is 10.9 Å². The van der Waals surface area contributed by atoms with Crippen LogP contribution in [-0.4, -0.2) is 15.9 Å². The van der Waals surface area contributed by atoms with Crippen molar-refractivity contribution in [2.45, 2.75) is 0 Å². The standard InChI is InChI=1S/C15H10FN3O/c16-13-5-1-3-10-7-11(8-18-14(10)13)15(20)19-12-4-2-6-17-9-12/h1-9H,(H,19,20). The minimum atomic E-state index is -0.401. The van der Waals surface area contributed by atoms with Gasteiger partial charge in [0.1, 0.15) is 11.3 Å². The molecule has 0 unspecified atom stereocenters. The predicted octanol–water partition coefficient (Wildman–Crippen LogP) is 3.02. The summed E-state index contributed by atoms with van der Waals surface area (Å²) < 4.78 is 13.5. The van der Waals surface area contributed by atoms with Gasteiger partial charge in [-0.1, -0.05) is 12.1 Å². The number of hydrogen-bond acceptors (Lipinski definition) is 3. The van der Waals surface area contributed by atoms with Crippen LogP contribution in [0.5, 0.6) is 0 Å². The Balaban J connectivity index is 1.92. The van der Waals surface area contributed by atoms with Crippen molar-refractivity contribution in [3.63, 3.8) is 0 Å². The zero-order valence-electron chi connectivity index (χ0n) is 10.4. The molecule has 1 amide bonds. The summed E-state index contributed by atoms with van der Waals surface area (Å²) in [6, 6.07) is 9.71. The normalized spacial score (nSPS) is 10.4. The van der Waals surface area contributed by atoms with Crippen LogP contribution in [0.15, 0.2) is 55.0 Å². The Morgan fingerprint density at radius 3 is 2.85 bits per heavy atom. The zero-order valence-corrected chi connectivity index (χ0v) is 10.4. The van der Waals surface area contributed by atoms with Crippen LogP contribution in [0.1, 0.15) is 10.4 Å². The number of nitrogens with zero attached hydrogens (tertiary/aromatic N) is 2. The fourth-order valence-electron chi connectivity index (χ4n) is 1.89. The van der Waals surface area contributed by atoms with Crippen LogP contribution in [0.4, 0.5) is 10.1 Å². The minimum Gasteiger partial charge on any atom is -0.321 e. The summed E-state index contributed by atoms with van der Waals surface area (Å²) in [7, 11) is 0. The van der Waals surface area contributed by atoms with E-state index in [1.807, 2.05) is 0 Å². The Morgan fingerprint density at radius 2 is 2.05 bits per heavy atom. The molecule has 0 atom stereocenters. The molecule has 2 aromatic heterocycles. The summed E-state index contributed by atoms with van der Waals surface area (Å²) in [6.07, 6.45) is 4.53. The first-order valence-electron chi connectivity index (χ1n) is 6.00. The topological polar surface area (TPSA) is 54.9 Å². The van der Waals surface area contributed by atoms with Crippen molar-refractivity contribution in [2.75, 3.05) is 5.32 Å². The highest BCUT2D eigenvalue weighted by Gasteiger charge is 2.09. The lowest BCUT2D eigenvalue weighted by Gasteiger charge is -2.05. The van der Waals surface area contributed by atoms with Crippen molar-refractivity contribution in [1.82, 2.24) is 9.97 Å². The van der Waals surface area contributed by atoms with Crippen molar-refractivity contribution in [2.24, 2.45) is 0 Å². The van der Waals surface area contributed by atoms with Gasteiger partial charge >= 0.3 is 0 Å². The summed E-state index contributed by atoms with van der Waals surface area (Å²) in [4.78, 5) is 20.0. The Morgan fingerprint density at radius 1 is 1.15 bits per heavy atom. The van der Waals surface area contributed by atoms with Crippen LogP contribution in [0.2, 0.25) is 0 Å². The molecule has 0 saturated heterocycles. The Labute approximate surface area is 114 Å². The molecule has 0 fully saturated rings. The van der Waals surface area contributed by atoms with Gasteiger partial charge in [-0.3, -0.25) is 14.8 Å². The van der Waals surface area contributed by atoms with Gasteiger partial charge in [0.15, 0.2) is 0 Å². The van der Waals surface area contributed by atoms with E-state index in [1.165, 1.54) is 12.3 Å². The maximum absolute atomic E-state index is 13.5. The molecule has 4 nitrogen and oxygen atoms in total. The number of fused-ring (bicyclic) bond motifs is 1. The second kappa shape index (κ2) is 5.05. The number of hydrogen-bond donors (Lipinski definition) is 1. The van der Waals surface area contributed by atoms with Gasteiger partial charge in [-0.05, 0) is 24.3 Å². The second-order valence-corrected chi connectivity index (χ2v) is 4.23. The van der Waals surface area contributed by atoms with Crippen molar-refractivity contribution in [3.05, 3.63) is 66.4 Å². The highest BCUT2D eigenvalue weighted by molar-refractivity contribution is 6.05. The number of pyridine rings is 2. The quantitative estimate of drug-likeness (QED) is 0.776. The predicted molar refractivity (Wildman–Crippen MR) is 73.9 cm³/mol. The number of carbonyl (C=O) groups is 1. The first-order chi connectivity index (χ1) is 9.74. The van der Waals surface area contributed by atoms with Gasteiger partial charge in [-0.2, -0.15) is 0 Å². The van der Waals surface area contributed by atoms with E-state index in [1.54, 1.807) is 42.7 Å². The van der Waals surface area contributed by atoms with Crippen LogP contribution >= 0.6 is 0 Å². The van der Waals surface area contributed by atoms with E-state index < -0.39 is 5.82 Å². The number of anilines is 1. The molecular weight excluding hydrogens is 257 g/mol. The average molecular weight is 267 g/mol. The van der Waals surface area contributed by atoms with Crippen LogP contribution in [0, 0.1) is 5.82 Å². The van der Waals surface area contributed by atoms with Crippen molar-refractivity contribution < 1.29 is 9.18 Å². The molecule has 3 rings (SSSR count). The van der Waals surface area contributed by atoms with Crippen molar-refractivity contribution in [3.8, 4) is 0 Å². The molecule has 0 aliphatic heterocycles. The monoisotopic (exact) mass is 267 g/mol. The lowest BCUT2D eigenvalue weighted by atomic mass is 10.1. The molecule has 98 valence electrons. The number of rotatable bonds is 2. The number of nitrogens with one attached hydrogen (secondary N) is 1. The van der Waals surface area contributed by atoms with Gasteiger partial charge in [0, 0.05) is 17.8 Å².